The lowest BCUT2D eigenvalue weighted by Gasteiger charge is -2.24. The predicted octanol–water partition coefficient (Wildman–Crippen LogP) is 3.97. The van der Waals surface area contributed by atoms with Crippen molar-refractivity contribution in [3.8, 4) is 11.8 Å². The summed E-state index contributed by atoms with van der Waals surface area (Å²) in [6.07, 6.45) is 5.57. The van der Waals surface area contributed by atoms with Gasteiger partial charge in [-0.2, -0.15) is 5.26 Å². The molecule has 4 amide bonds. The maximum absolute atomic E-state index is 11.5. The highest BCUT2D eigenvalue weighted by molar-refractivity contribution is 8.24. The molecule has 3 aromatic rings. The Morgan fingerprint density at radius 1 is 1.00 bits per heavy atom. The van der Waals surface area contributed by atoms with Crippen LogP contribution in [0.3, 0.4) is 0 Å². The summed E-state index contributed by atoms with van der Waals surface area (Å²) in [7, 11) is 0. The van der Waals surface area contributed by atoms with Crippen LogP contribution in [0.4, 0.5) is 10.5 Å². The van der Waals surface area contributed by atoms with Crippen LogP contribution in [0, 0.1) is 11.3 Å². The number of aromatic nitrogens is 4. The molecule has 18 heteroatoms. The Bertz CT molecular complexity index is 1410. The average Bonchev–Trinajstić information content (AvgIpc) is 2.79. The van der Waals surface area contributed by atoms with Crippen molar-refractivity contribution in [3.63, 3.8) is 0 Å². The summed E-state index contributed by atoms with van der Waals surface area (Å²) in [6.45, 7) is 1.43. The van der Waals surface area contributed by atoms with Crippen molar-refractivity contribution >= 4 is 74.1 Å². The summed E-state index contributed by atoms with van der Waals surface area (Å²) in [5, 5.41) is 6.17. The van der Waals surface area contributed by atoms with Crippen molar-refractivity contribution in [1.82, 2.24) is 24.8 Å². The topological polar surface area (TPSA) is 188 Å². The zero-order valence-electron chi connectivity index (χ0n) is 19.0. The third kappa shape index (κ3) is 11.7. The van der Waals surface area contributed by atoms with Gasteiger partial charge in [-0.05, 0) is 58.0 Å². The Morgan fingerprint density at radius 2 is 1.50 bits per heavy atom. The minimum atomic E-state index is -3.22. The summed E-state index contributed by atoms with van der Waals surface area (Å²) in [5.41, 5.74) is -0.315. The number of hydrogen-bond donors (Lipinski definition) is 2. The van der Waals surface area contributed by atoms with Crippen LogP contribution in [0.25, 0.3) is 5.69 Å². The summed E-state index contributed by atoms with van der Waals surface area (Å²) >= 11 is 19.4. The number of aromatic amines is 1. The SMILES string of the molecule is CC#N.O=C1CC(=O)N(c2cccnc2)C(=O)N1.O=P(Cl)(Cl)Cl.O=c1cc(Cl)[nH]c(=O)n1-c1cccnc1. The quantitative estimate of drug-likeness (QED) is 0.242. The second-order valence-electron chi connectivity index (χ2n) is 6.40. The number of imide groups is 2. The number of rotatable bonds is 2. The van der Waals surface area contributed by atoms with Gasteiger partial charge in [0.2, 0.25) is 11.8 Å². The van der Waals surface area contributed by atoms with E-state index in [1.807, 2.05) is 0 Å². The number of H-pyrrole nitrogens is 1. The molecule has 1 fully saturated rings. The van der Waals surface area contributed by atoms with E-state index in [9.17, 15) is 28.5 Å². The number of barbiturate groups is 1. The highest BCUT2D eigenvalue weighted by Crippen LogP contribution is 2.61. The molecule has 0 bridgehead atoms. The Kier molecular flexibility index (Phi) is 13.4. The van der Waals surface area contributed by atoms with E-state index in [4.69, 9.17) is 16.9 Å². The number of halogens is 4. The van der Waals surface area contributed by atoms with Gasteiger partial charge in [-0.3, -0.25) is 39.2 Å². The van der Waals surface area contributed by atoms with E-state index in [1.165, 1.54) is 25.5 Å². The summed E-state index contributed by atoms with van der Waals surface area (Å²) < 4.78 is 10.5. The van der Waals surface area contributed by atoms with Crippen LogP contribution in [0.2, 0.25) is 5.15 Å². The molecule has 200 valence electrons. The fraction of sp³-hybridized carbons (Fsp3) is 0.100. The molecule has 4 rings (SSSR count). The Morgan fingerprint density at radius 3 is 1.92 bits per heavy atom. The zero-order chi connectivity index (χ0) is 28.9. The van der Waals surface area contributed by atoms with Crippen LogP contribution in [-0.2, 0) is 14.2 Å². The summed E-state index contributed by atoms with van der Waals surface area (Å²) in [6, 6.07) is 8.57. The minimum Gasteiger partial charge on any atom is -0.297 e. The first-order valence-electron chi connectivity index (χ1n) is 9.77. The van der Waals surface area contributed by atoms with Crippen LogP contribution in [0.1, 0.15) is 13.3 Å². The molecule has 0 atom stereocenters. The van der Waals surface area contributed by atoms with Crippen LogP contribution in [0.15, 0.2) is 64.7 Å². The van der Waals surface area contributed by atoms with Crippen molar-refractivity contribution in [2.45, 2.75) is 13.3 Å². The molecule has 1 aliphatic heterocycles. The maximum Gasteiger partial charge on any atom is 0.339 e. The van der Waals surface area contributed by atoms with E-state index in [0.717, 1.165) is 15.5 Å². The van der Waals surface area contributed by atoms with Gasteiger partial charge in [0.05, 0.1) is 29.8 Å². The molecule has 0 spiro atoms. The largest absolute Gasteiger partial charge is 0.339 e. The lowest BCUT2D eigenvalue weighted by molar-refractivity contribution is -0.128. The van der Waals surface area contributed by atoms with Crippen molar-refractivity contribution in [1.29, 1.82) is 5.26 Å². The van der Waals surface area contributed by atoms with E-state index < -0.39 is 34.3 Å². The molecule has 4 heterocycles. The smallest absolute Gasteiger partial charge is 0.297 e. The van der Waals surface area contributed by atoms with Crippen molar-refractivity contribution < 1.29 is 18.9 Å². The van der Waals surface area contributed by atoms with Gasteiger partial charge in [0.15, 0.2) is 0 Å². The lowest BCUT2D eigenvalue weighted by atomic mass is 10.2. The van der Waals surface area contributed by atoms with Gasteiger partial charge >= 0.3 is 16.9 Å². The Balaban J connectivity index is 0.000000298. The molecule has 3 aromatic heterocycles. The number of urea groups is 1. The third-order valence-electron chi connectivity index (χ3n) is 3.72. The van der Waals surface area contributed by atoms with E-state index >= 15 is 0 Å². The zero-order valence-corrected chi connectivity index (χ0v) is 23.0. The fourth-order valence-corrected chi connectivity index (χ4v) is 2.67. The van der Waals surface area contributed by atoms with Crippen LogP contribution >= 0.6 is 50.5 Å². The molecular weight excluding hydrogens is 607 g/mol. The van der Waals surface area contributed by atoms with Crippen molar-refractivity contribution in [2.75, 3.05) is 4.90 Å². The van der Waals surface area contributed by atoms with Crippen molar-refractivity contribution in [3.05, 3.63) is 81.1 Å². The number of pyridine rings is 2. The number of hydrogen-bond acceptors (Lipinski definition) is 9. The van der Waals surface area contributed by atoms with Gasteiger partial charge in [-0.15, -0.1) is 0 Å². The van der Waals surface area contributed by atoms with Crippen LogP contribution in [-0.4, -0.2) is 37.4 Å². The van der Waals surface area contributed by atoms with Gasteiger partial charge in [-0.1, -0.05) is 11.6 Å². The van der Waals surface area contributed by atoms with E-state index in [1.54, 1.807) is 36.5 Å². The lowest BCUT2D eigenvalue weighted by Crippen LogP contribution is -2.52. The van der Waals surface area contributed by atoms with Gasteiger partial charge < -0.3 is 0 Å². The molecule has 0 radical (unpaired) electrons. The second kappa shape index (κ2) is 15.7. The summed E-state index contributed by atoms with van der Waals surface area (Å²) in [4.78, 5) is 67.4. The van der Waals surface area contributed by atoms with E-state index in [0.29, 0.717) is 11.4 Å². The van der Waals surface area contributed by atoms with Crippen LogP contribution < -0.4 is 21.5 Å². The number of nitrogens with zero attached hydrogens (tertiary/aromatic N) is 5. The number of carbonyl (C=O) groups is 3. The molecule has 1 saturated heterocycles. The highest BCUT2D eigenvalue weighted by atomic mass is 36.0. The maximum atomic E-state index is 11.5. The molecule has 0 unspecified atom stereocenters. The third-order valence-corrected chi connectivity index (χ3v) is 3.92. The summed E-state index contributed by atoms with van der Waals surface area (Å²) in [5.74, 6) is -1.12. The molecule has 0 aliphatic carbocycles. The van der Waals surface area contributed by atoms with E-state index in [-0.39, 0.29) is 11.6 Å². The standard InChI is InChI=1S/C9H6ClN3O2.C9H7N3O3.C2H3N.Cl3OP/c10-7-4-8(14)13(9(15)12-7)6-2-1-3-11-5-6;13-7-4-8(14)12(9(15)11-7)6-2-1-3-10-5-6;1-2-3;1-5(2,3)4/h1-5H,(H,12,15);1-3,5H,4H2,(H,11,13,15);1H3;. The molecule has 38 heavy (non-hydrogen) atoms. The average molecular weight is 623 g/mol. The molecule has 13 nitrogen and oxygen atoms in total. The minimum absolute atomic E-state index is 0.0186. The first kappa shape index (κ1) is 32.5. The molecule has 2 N–H and O–H groups in total. The van der Waals surface area contributed by atoms with Gasteiger partial charge in [0.1, 0.15) is 11.6 Å². The highest BCUT2D eigenvalue weighted by Gasteiger charge is 2.31. The molecule has 1 aliphatic rings. The van der Waals surface area contributed by atoms with Gasteiger partial charge in [-0.25, -0.2) is 19.1 Å². The molecular formula is C20H16Cl4N7O6P. The number of amides is 4. The van der Waals surface area contributed by atoms with Crippen LogP contribution in [0.5, 0.6) is 0 Å². The predicted molar refractivity (Wildman–Crippen MR) is 142 cm³/mol. The fourth-order valence-electron chi connectivity index (χ4n) is 2.49. The molecule has 0 saturated carbocycles. The normalized spacial score (nSPS) is 12.3. The van der Waals surface area contributed by atoms with Gasteiger partial charge in [0.25, 0.3) is 5.56 Å². The molecule has 0 aromatic carbocycles. The second-order valence-corrected chi connectivity index (χ2v) is 13.4. The first-order valence-corrected chi connectivity index (χ1v) is 14.6. The first-order chi connectivity index (χ1) is 17.8. The number of carbonyl (C=O) groups excluding carboxylic acids is 3. The van der Waals surface area contributed by atoms with Gasteiger partial charge in [0, 0.05) is 25.4 Å². The Hall–Kier alpha value is -3.53. The monoisotopic (exact) mass is 621 g/mol. The van der Waals surface area contributed by atoms with E-state index in [2.05, 4.69) is 54.0 Å². The Labute approximate surface area is 233 Å². The number of nitriles is 1. The van der Waals surface area contributed by atoms with Crippen molar-refractivity contribution in [2.24, 2.45) is 0 Å². The number of nitrogens with one attached hydrogen (secondary N) is 2. The number of anilines is 1.